The molecule has 2 fully saturated rings. The summed E-state index contributed by atoms with van der Waals surface area (Å²) in [5.74, 6) is -2.83. The van der Waals surface area contributed by atoms with E-state index < -0.39 is 44.8 Å². The Balaban J connectivity index is 0.000000415. The summed E-state index contributed by atoms with van der Waals surface area (Å²) in [5.41, 5.74) is -0.620. The first-order valence-electron chi connectivity index (χ1n) is 29.5. The van der Waals surface area contributed by atoms with Gasteiger partial charge in [-0.05, 0) is 131 Å². The van der Waals surface area contributed by atoms with Crippen LogP contribution >= 0.6 is 0 Å². The van der Waals surface area contributed by atoms with Gasteiger partial charge in [-0.25, -0.2) is 19.2 Å². The van der Waals surface area contributed by atoms with Crippen molar-refractivity contribution in [3.63, 3.8) is 0 Å². The molecule has 0 aliphatic carbocycles. The Morgan fingerprint density at radius 1 is 0.510 bits per heavy atom. The van der Waals surface area contributed by atoms with Crippen LogP contribution in [0.15, 0.2) is 182 Å². The second-order valence-corrected chi connectivity index (χ2v) is 23.1. The third-order valence-electron chi connectivity index (χ3n) is 13.7. The van der Waals surface area contributed by atoms with Gasteiger partial charge in [0.15, 0.2) is 5.75 Å². The fourth-order valence-corrected chi connectivity index (χ4v) is 8.29. The molecule has 7 aromatic rings. The number of allylic oxidation sites excluding steroid dienone is 2. The Kier molecular flexibility index (Phi) is 35.5. The van der Waals surface area contributed by atoms with E-state index in [9.17, 15) is 45.9 Å². The van der Waals surface area contributed by atoms with Gasteiger partial charge in [-0.2, -0.15) is 21.6 Å². The van der Waals surface area contributed by atoms with Gasteiger partial charge in [-0.1, -0.05) is 116 Å². The Bertz CT molecular complexity index is 3750. The summed E-state index contributed by atoms with van der Waals surface area (Å²) in [4.78, 5) is 45.6. The topological polar surface area (TPSA) is 285 Å². The van der Waals surface area contributed by atoms with E-state index in [1.807, 2.05) is 108 Å². The number of benzene rings is 7. The molecule has 0 spiro atoms. The molecule has 4 N–H and O–H groups in total. The number of esters is 4. The highest BCUT2D eigenvalue weighted by atomic mass is 32.2. The summed E-state index contributed by atoms with van der Waals surface area (Å²) in [7, 11) is -0.365. The number of carbonyl (C=O) groups excluding carboxylic acids is 4. The molecule has 0 unspecified atom stereocenters. The number of aliphatic hydroxyl groups excluding tert-OH is 1. The molecule has 0 bridgehead atoms. The van der Waals surface area contributed by atoms with Crippen LogP contribution in [0, 0.1) is 0 Å². The van der Waals surface area contributed by atoms with Crippen molar-refractivity contribution in [3.8, 4) is 40.2 Å². The number of aliphatic hydroxyl groups is 1. The fraction of sp³-hybridized carbons (Fsp3) is 0.306. The van der Waals surface area contributed by atoms with E-state index in [1.165, 1.54) is 64.5 Å². The van der Waals surface area contributed by atoms with Gasteiger partial charge in [-0.15, -0.1) is 6.58 Å². The zero-order chi connectivity index (χ0) is 72.5. The number of alkyl halides is 3. The maximum atomic E-state index is 12.5. The highest BCUT2D eigenvalue weighted by molar-refractivity contribution is 7.88. The van der Waals surface area contributed by atoms with Gasteiger partial charge in [0.25, 0.3) is 0 Å². The van der Waals surface area contributed by atoms with E-state index in [2.05, 4.69) is 31.6 Å². The number of phenolic OH excluding ortho intramolecular Hbond substituents is 3. The number of carbonyl (C=O) groups is 4. The van der Waals surface area contributed by atoms with Crippen LogP contribution in [0.1, 0.15) is 125 Å². The average Bonchev–Trinajstić information content (AvgIpc) is 1.55. The molecular formula is C72H86BF3O21S. The summed E-state index contributed by atoms with van der Waals surface area (Å²) in [6.07, 6.45) is 2.56. The largest absolute Gasteiger partial charge is 0.534 e. The summed E-state index contributed by atoms with van der Waals surface area (Å²) < 4.78 is 115. The SMILES string of the molecule is C.C1CCOC1.C=C(C)B1OC(C)(C)C(C)(C)O1.C=C(C)c1cc(OCc2ccccc2)ccc1C(=O)OC.CO.COC(=O)c1ccc(O)cc1O.COC(=O)c1ccc(OCc2ccccc2)cc1O.COC(=O)c1ccc(OCc2ccccc2)cc1OS(=O)(=O)C(F)(F)F. The highest BCUT2D eigenvalue weighted by Gasteiger charge is 2.51. The number of phenols is 3. The van der Waals surface area contributed by atoms with E-state index in [4.69, 9.17) is 48.3 Å². The molecule has 2 aliphatic heterocycles. The summed E-state index contributed by atoms with van der Waals surface area (Å²) in [6, 6.07) is 45.1. The quantitative estimate of drug-likeness (QED) is 0.0217. The van der Waals surface area contributed by atoms with Gasteiger partial charge < -0.3 is 71.8 Å². The number of methoxy groups -OCH3 is 4. The third-order valence-corrected chi connectivity index (χ3v) is 14.7. The Morgan fingerprint density at radius 3 is 1.19 bits per heavy atom. The molecule has 0 radical (unpaired) electrons. The van der Waals surface area contributed by atoms with Gasteiger partial charge in [0, 0.05) is 38.5 Å². The van der Waals surface area contributed by atoms with Crippen molar-refractivity contribution in [2.45, 2.75) is 98.3 Å². The second kappa shape index (κ2) is 41.3. The molecule has 530 valence electrons. The van der Waals surface area contributed by atoms with E-state index in [0.717, 1.165) is 78.9 Å². The van der Waals surface area contributed by atoms with Crippen LogP contribution in [-0.4, -0.2) is 125 Å². The van der Waals surface area contributed by atoms with Crippen molar-refractivity contribution in [2.75, 3.05) is 48.8 Å². The van der Waals surface area contributed by atoms with Crippen molar-refractivity contribution >= 4 is 46.7 Å². The molecule has 0 aromatic heterocycles. The van der Waals surface area contributed by atoms with Crippen LogP contribution in [0.3, 0.4) is 0 Å². The number of aromatic hydroxyl groups is 3. The first kappa shape index (κ1) is 84.2. The van der Waals surface area contributed by atoms with Crippen LogP contribution in [0.2, 0.25) is 0 Å². The highest BCUT2D eigenvalue weighted by Crippen LogP contribution is 2.38. The number of hydrogen-bond acceptors (Lipinski definition) is 21. The number of hydrogen-bond donors (Lipinski definition) is 4. The van der Waals surface area contributed by atoms with Gasteiger partial charge >= 0.3 is 46.6 Å². The molecule has 9 rings (SSSR count). The lowest BCUT2D eigenvalue weighted by atomic mass is 9.81. The zero-order valence-corrected chi connectivity index (χ0v) is 56.6. The predicted octanol–water partition coefficient (Wildman–Crippen LogP) is 14.2. The first-order chi connectivity index (χ1) is 45.9. The van der Waals surface area contributed by atoms with Crippen molar-refractivity contribution in [2.24, 2.45) is 0 Å². The lowest BCUT2D eigenvalue weighted by Crippen LogP contribution is -2.41. The lowest BCUT2D eigenvalue weighted by Gasteiger charge is -2.32. The normalized spacial score (nSPS) is 12.8. The van der Waals surface area contributed by atoms with E-state index in [1.54, 1.807) is 48.5 Å². The molecule has 21 nitrogen and oxygen atoms in total. The minimum Gasteiger partial charge on any atom is -0.508 e. The molecule has 2 saturated heterocycles. The monoisotopic (exact) mass is 1390 g/mol. The van der Waals surface area contributed by atoms with Crippen LogP contribution < -0.4 is 18.4 Å². The number of ether oxygens (including phenoxy) is 8. The van der Waals surface area contributed by atoms with Gasteiger partial charge in [0.05, 0.1) is 45.2 Å². The summed E-state index contributed by atoms with van der Waals surface area (Å²) in [6.45, 7) is 22.6. The van der Waals surface area contributed by atoms with Gasteiger partial charge in [0.2, 0.25) is 0 Å². The van der Waals surface area contributed by atoms with Crippen LogP contribution in [0.4, 0.5) is 13.2 Å². The van der Waals surface area contributed by atoms with Crippen molar-refractivity contribution in [1.29, 1.82) is 0 Å². The van der Waals surface area contributed by atoms with Crippen LogP contribution in [0.25, 0.3) is 5.57 Å². The first-order valence-corrected chi connectivity index (χ1v) is 30.9. The summed E-state index contributed by atoms with van der Waals surface area (Å²) >= 11 is 0. The van der Waals surface area contributed by atoms with E-state index in [-0.39, 0.29) is 72.4 Å². The maximum Gasteiger partial charge on any atom is 0.534 e. The molecule has 0 atom stereocenters. The lowest BCUT2D eigenvalue weighted by molar-refractivity contribution is -0.0500. The number of rotatable bonds is 17. The Morgan fingerprint density at radius 2 is 0.857 bits per heavy atom. The maximum absolute atomic E-state index is 12.5. The zero-order valence-electron chi connectivity index (χ0n) is 55.8. The number of halogens is 3. The molecule has 2 heterocycles. The summed E-state index contributed by atoms with van der Waals surface area (Å²) in [5, 5.41) is 34.7. The van der Waals surface area contributed by atoms with Crippen molar-refractivity contribution in [3.05, 3.63) is 227 Å². The van der Waals surface area contributed by atoms with Crippen LogP contribution in [-0.2, 0) is 62.9 Å². The second-order valence-electron chi connectivity index (χ2n) is 21.6. The minimum absolute atomic E-state index is 0. The molecule has 98 heavy (non-hydrogen) atoms. The molecule has 0 saturated carbocycles. The molecular weight excluding hydrogens is 1300 g/mol. The molecule has 7 aromatic carbocycles. The standard InChI is InChI=1S/C18H18O3.C16H13F3O6S.C15H14O4.C9H17BO2.C8H8O4.C4H8O.CH4O.CH4/c1-13(2)17-11-15(9-10-16(17)18(19)20-3)21-12-14-7-5-4-6-8-14;1-23-15(20)13-8-7-12(24-10-11-5-3-2-4-6-11)9-14(13)25-26(21,22)16(17,18)19;1-18-15(17)13-8-7-12(9-14(13)16)19-10-11-5-3-2-4-6-11;1-7(2)10-11-8(3,4)9(5,6)12-10;1-12-8(11)6-3-2-5(9)4-7(6)10;1-2-4-5-3-1;1-2;/h4-11H,1,12H2,2-3H3;2-9H,10H2,1H3;2-9,16H,10H2,1H3;1H2,2-6H3;2-4,9-10H,1H3;1-4H2;2H,1H3;1H4. The third kappa shape index (κ3) is 27.3. The Labute approximate surface area is 571 Å². The Hall–Kier alpha value is -9.86. The van der Waals surface area contributed by atoms with Crippen molar-refractivity contribution < 1.29 is 113 Å². The fourth-order valence-electron chi connectivity index (χ4n) is 7.82. The smallest absolute Gasteiger partial charge is 0.508 e. The molecule has 0 amide bonds. The van der Waals surface area contributed by atoms with Crippen LogP contribution in [0.5, 0.6) is 40.2 Å². The predicted molar refractivity (Wildman–Crippen MR) is 365 cm³/mol. The molecule has 26 heteroatoms. The molecule has 2 aliphatic rings. The van der Waals surface area contributed by atoms with E-state index >= 15 is 0 Å². The van der Waals surface area contributed by atoms with Gasteiger partial charge in [0.1, 0.15) is 71.0 Å². The van der Waals surface area contributed by atoms with Crippen molar-refractivity contribution in [1.82, 2.24) is 0 Å². The van der Waals surface area contributed by atoms with Gasteiger partial charge in [-0.3, -0.25) is 0 Å². The van der Waals surface area contributed by atoms with E-state index in [0.29, 0.717) is 30.3 Å². The average molecular weight is 1390 g/mol. The minimum atomic E-state index is -5.96.